The average molecular weight is 633 g/mol. The summed E-state index contributed by atoms with van der Waals surface area (Å²) >= 11 is 0. The van der Waals surface area contributed by atoms with Crippen molar-refractivity contribution in [1.29, 1.82) is 0 Å². The van der Waals surface area contributed by atoms with Crippen LogP contribution in [-0.4, -0.2) is 19.3 Å². The zero-order valence-electron chi connectivity index (χ0n) is 29.3. The highest BCUT2D eigenvalue weighted by Gasteiger charge is 2.20. The Morgan fingerprint density at radius 3 is 2.21 bits per heavy atom. The Labute approximate surface area is 283 Å². The third-order valence-corrected chi connectivity index (χ3v) is 9.03. The molecule has 0 unspecified atom stereocenters. The van der Waals surface area contributed by atoms with Crippen molar-refractivity contribution < 1.29 is 4.74 Å². The zero-order chi connectivity index (χ0) is 33.8. The van der Waals surface area contributed by atoms with Gasteiger partial charge in [0, 0.05) is 40.4 Å². The molecule has 0 bridgehead atoms. The summed E-state index contributed by atoms with van der Waals surface area (Å²) in [5, 5.41) is 7.31. The van der Waals surface area contributed by atoms with E-state index in [4.69, 9.17) is 14.8 Å². The van der Waals surface area contributed by atoms with Crippen molar-refractivity contribution in [3.8, 4) is 34.1 Å². The van der Waals surface area contributed by atoms with Crippen LogP contribution in [0.4, 0.5) is 0 Å². The minimum atomic E-state index is 0.0366. The summed E-state index contributed by atoms with van der Waals surface area (Å²) in [6, 6.07) is 36.2. The number of nitrogens with zero attached hydrogens (tertiary/aromatic N) is 4. The highest BCUT2D eigenvalue weighted by Crippen LogP contribution is 2.38. The first-order chi connectivity index (χ1) is 22.9. The third kappa shape index (κ3) is 6.01. The number of ether oxygens (including phenoxy) is 1. The first-order valence-electron chi connectivity index (χ1n) is 16.8. The molecule has 242 valence electrons. The van der Waals surface area contributed by atoms with Gasteiger partial charge in [-0.2, -0.15) is 5.10 Å². The van der Waals surface area contributed by atoms with E-state index in [1.807, 2.05) is 29.1 Å². The van der Waals surface area contributed by atoms with Gasteiger partial charge in [0.2, 0.25) is 0 Å². The number of aromatic nitrogens is 4. The van der Waals surface area contributed by atoms with Gasteiger partial charge in [-0.25, -0.2) is 9.67 Å². The second kappa shape index (κ2) is 11.8. The molecule has 0 saturated heterocycles. The fourth-order valence-electron chi connectivity index (χ4n) is 6.81. The second-order valence-corrected chi connectivity index (χ2v) is 15.2. The minimum absolute atomic E-state index is 0.0366. The molecule has 5 nitrogen and oxygen atoms in total. The zero-order valence-corrected chi connectivity index (χ0v) is 29.3. The summed E-state index contributed by atoms with van der Waals surface area (Å²) in [6.07, 6.45) is 2.91. The molecule has 5 heteroatoms. The summed E-state index contributed by atoms with van der Waals surface area (Å²) in [7, 11) is 0. The van der Waals surface area contributed by atoms with Gasteiger partial charge in [0.15, 0.2) is 0 Å². The molecule has 0 aliphatic carbocycles. The van der Waals surface area contributed by atoms with E-state index in [1.54, 1.807) is 0 Å². The van der Waals surface area contributed by atoms with E-state index in [2.05, 4.69) is 145 Å². The van der Waals surface area contributed by atoms with Crippen molar-refractivity contribution in [2.24, 2.45) is 5.41 Å². The van der Waals surface area contributed by atoms with Crippen molar-refractivity contribution in [1.82, 2.24) is 19.3 Å². The van der Waals surface area contributed by atoms with Gasteiger partial charge < -0.3 is 4.74 Å². The van der Waals surface area contributed by atoms with E-state index in [9.17, 15) is 0 Å². The highest BCUT2D eigenvalue weighted by molar-refractivity contribution is 6.09. The summed E-state index contributed by atoms with van der Waals surface area (Å²) in [5.74, 6) is 2.44. The number of benzene rings is 4. The molecular weight excluding hydrogens is 589 g/mol. The van der Waals surface area contributed by atoms with Gasteiger partial charge in [0.05, 0.1) is 22.4 Å². The lowest BCUT2D eigenvalue weighted by Gasteiger charge is -2.19. The molecule has 0 N–H and O–H groups in total. The number of hydrogen-bond donors (Lipinski definition) is 0. The van der Waals surface area contributed by atoms with E-state index < -0.39 is 0 Å². The van der Waals surface area contributed by atoms with Crippen LogP contribution in [-0.2, 0) is 11.8 Å². The Hall–Kier alpha value is -5.16. The molecule has 0 fully saturated rings. The number of rotatable bonds is 6. The summed E-state index contributed by atoms with van der Waals surface area (Å²) in [6.45, 7) is 17.8. The quantitative estimate of drug-likeness (QED) is 0.183. The number of pyridine rings is 1. The van der Waals surface area contributed by atoms with Crippen LogP contribution in [0.15, 0.2) is 109 Å². The molecule has 0 aliphatic rings. The average Bonchev–Trinajstić information content (AvgIpc) is 3.52. The van der Waals surface area contributed by atoms with Crippen molar-refractivity contribution in [3.05, 3.63) is 132 Å². The fraction of sp³-hybridized carbons (Fsp3) is 0.256. The number of fused-ring (bicyclic) bond motifs is 3. The molecule has 0 saturated carbocycles. The Balaban J connectivity index is 1.31. The van der Waals surface area contributed by atoms with Gasteiger partial charge in [-0.1, -0.05) is 84.0 Å². The van der Waals surface area contributed by atoms with Crippen LogP contribution < -0.4 is 4.74 Å². The molecule has 0 radical (unpaired) electrons. The molecule has 3 aromatic heterocycles. The van der Waals surface area contributed by atoms with E-state index in [0.29, 0.717) is 0 Å². The molecular formula is C43H44N4O. The number of aryl methyl sites for hydroxylation is 1. The van der Waals surface area contributed by atoms with Crippen LogP contribution >= 0.6 is 0 Å². The molecule has 0 amide bonds. The molecule has 3 heterocycles. The maximum absolute atomic E-state index is 6.59. The first kappa shape index (κ1) is 31.4. The lowest BCUT2D eigenvalue weighted by atomic mass is 9.86. The van der Waals surface area contributed by atoms with Crippen molar-refractivity contribution in [2.45, 2.75) is 67.2 Å². The van der Waals surface area contributed by atoms with Crippen LogP contribution in [0.1, 0.15) is 64.1 Å². The molecule has 4 aromatic carbocycles. The van der Waals surface area contributed by atoms with E-state index in [0.717, 1.165) is 57.4 Å². The molecule has 0 aliphatic heterocycles. The molecule has 0 atom stereocenters. The van der Waals surface area contributed by atoms with E-state index in [1.165, 1.54) is 27.5 Å². The van der Waals surface area contributed by atoms with Crippen LogP contribution in [0.3, 0.4) is 0 Å². The van der Waals surface area contributed by atoms with Crippen molar-refractivity contribution >= 4 is 21.8 Å². The van der Waals surface area contributed by atoms with Crippen LogP contribution in [0.5, 0.6) is 11.5 Å². The topological polar surface area (TPSA) is 44.9 Å². The van der Waals surface area contributed by atoms with Crippen molar-refractivity contribution in [3.63, 3.8) is 0 Å². The predicted molar refractivity (Wildman–Crippen MR) is 199 cm³/mol. The highest BCUT2D eigenvalue weighted by atomic mass is 16.5. The number of hydrogen-bond acceptors (Lipinski definition) is 3. The molecule has 7 rings (SSSR count). The van der Waals surface area contributed by atoms with Gasteiger partial charge in [0.25, 0.3) is 0 Å². The Kier molecular flexibility index (Phi) is 7.74. The van der Waals surface area contributed by atoms with Crippen LogP contribution in [0, 0.1) is 19.3 Å². The smallest absolute Gasteiger partial charge is 0.137 e. The Morgan fingerprint density at radius 1 is 0.688 bits per heavy atom. The van der Waals surface area contributed by atoms with Gasteiger partial charge in [-0.15, -0.1) is 0 Å². The Morgan fingerprint density at radius 2 is 1.46 bits per heavy atom. The first-order valence-corrected chi connectivity index (χ1v) is 16.8. The SMILES string of the molecule is Cc1nn(-c2cccc(Oc3ccc4c5cc(C(C)(C)C)ccc5n(-c5cc(CC(C)(C)C)ccn5)c4c3)c2)c(C)c1-c1ccccc1. The second-order valence-electron chi connectivity index (χ2n) is 15.2. The fourth-order valence-corrected chi connectivity index (χ4v) is 6.81. The monoisotopic (exact) mass is 632 g/mol. The normalized spacial score (nSPS) is 12.2. The largest absolute Gasteiger partial charge is 0.457 e. The lowest BCUT2D eigenvalue weighted by Crippen LogP contribution is -2.10. The van der Waals surface area contributed by atoms with E-state index >= 15 is 0 Å². The van der Waals surface area contributed by atoms with Gasteiger partial charge in [-0.3, -0.25) is 4.57 Å². The van der Waals surface area contributed by atoms with Gasteiger partial charge in [0.1, 0.15) is 17.3 Å². The maximum Gasteiger partial charge on any atom is 0.137 e. The summed E-state index contributed by atoms with van der Waals surface area (Å²) in [5.41, 5.74) is 10.4. The van der Waals surface area contributed by atoms with Crippen LogP contribution in [0.25, 0.3) is 44.4 Å². The van der Waals surface area contributed by atoms with Crippen molar-refractivity contribution in [2.75, 3.05) is 0 Å². The van der Waals surface area contributed by atoms with E-state index in [-0.39, 0.29) is 10.8 Å². The molecule has 0 spiro atoms. The van der Waals surface area contributed by atoms with Gasteiger partial charge in [-0.05, 0) is 96.3 Å². The Bertz CT molecular complexity index is 2280. The van der Waals surface area contributed by atoms with Crippen LogP contribution in [0.2, 0.25) is 0 Å². The maximum atomic E-state index is 6.59. The predicted octanol–water partition coefficient (Wildman–Crippen LogP) is 11.3. The summed E-state index contributed by atoms with van der Waals surface area (Å²) in [4.78, 5) is 4.89. The summed E-state index contributed by atoms with van der Waals surface area (Å²) < 4.78 is 10.9. The lowest BCUT2D eigenvalue weighted by molar-refractivity contribution is 0.411. The molecule has 7 aromatic rings. The third-order valence-electron chi connectivity index (χ3n) is 9.03. The van der Waals surface area contributed by atoms with Gasteiger partial charge >= 0.3 is 0 Å². The minimum Gasteiger partial charge on any atom is -0.457 e. The standard InChI is InChI=1S/C43H44N4O/c1-28-41(31-13-10-9-11-14-31)29(2)47(45-28)33-15-12-16-34(25-33)48-35-18-19-36-37-24-32(43(6,7)8)17-20-38(37)46(39(36)26-35)40-23-30(21-22-44-40)27-42(3,4)5/h9-26H,27H2,1-8H3. The molecule has 48 heavy (non-hydrogen) atoms.